The van der Waals surface area contributed by atoms with Gasteiger partial charge in [-0.05, 0) is 40.7 Å². The van der Waals surface area contributed by atoms with Gasteiger partial charge in [-0.3, -0.25) is 9.36 Å². The molecule has 2 atom stereocenters. The van der Waals surface area contributed by atoms with E-state index in [9.17, 15) is 0 Å². The zero-order valence-electron chi connectivity index (χ0n) is 13.1. The van der Waals surface area contributed by atoms with Crippen LogP contribution in [0.15, 0.2) is 18.5 Å². The van der Waals surface area contributed by atoms with Gasteiger partial charge in [0.25, 0.3) is 0 Å². The largest absolute Gasteiger partial charge is 0.308 e. The fourth-order valence-electron chi connectivity index (χ4n) is 2.48. The molecule has 2 rings (SSSR count). The van der Waals surface area contributed by atoms with E-state index in [0.717, 1.165) is 18.8 Å². The fraction of sp³-hybridized carbons (Fsp3) is 0.600. The first-order chi connectivity index (χ1) is 9.54. The van der Waals surface area contributed by atoms with Crippen molar-refractivity contribution in [1.29, 1.82) is 0 Å². The molecule has 5 heteroatoms. The summed E-state index contributed by atoms with van der Waals surface area (Å²) in [6.45, 7) is 12.5. The average Bonchev–Trinajstić information content (AvgIpc) is 3.05. The van der Waals surface area contributed by atoms with E-state index in [1.807, 2.05) is 23.1 Å². The zero-order chi connectivity index (χ0) is 14.7. The lowest BCUT2D eigenvalue weighted by molar-refractivity contribution is 0.364. The van der Waals surface area contributed by atoms with E-state index in [4.69, 9.17) is 0 Å². The topological polar surface area (TPSA) is 47.7 Å². The SMILES string of the molecule is CCn1nc(C)c(CN[C@@H](C)[C@H](C)n2cccn2)c1C. The Labute approximate surface area is 121 Å². The Hall–Kier alpha value is -1.62. The standard InChI is InChI=1S/C15H25N5/c1-6-19-14(5)15(12(3)18-19)10-16-11(2)13(4)20-9-7-8-17-20/h7-9,11,13,16H,6,10H2,1-5H3/t11-,13-/m0/s1. The second-order valence-electron chi connectivity index (χ2n) is 5.36. The monoisotopic (exact) mass is 275 g/mol. The molecule has 0 radical (unpaired) electrons. The normalized spacial score (nSPS) is 14.4. The number of rotatable bonds is 6. The van der Waals surface area contributed by atoms with E-state index in [1.165, 1.54) is 11.3 Å². The third-order valence-corrected chi connectivity index (χ3v) is 4.10. The maximum atomic E-state index is 4.56. The Bertz CT molecular complexity index is 541. The van der Waals surface area contributed by atoms with Crippen molar-refractivity contribution in [2.45, 2.75) is 59.8 Å². The molecule has 0 spiro atoms. The van der Waals surface area contributed by atoms with Crippen LogP contribution in [0.3, 0.4) is 0 Å². The molecule has 0 aromatic carbocycles. The highest BCUT2D eigenvalue weighted by molar-refractivity contribution is 5.24. The van der Waals surface area contributed by atoms with E-state index in [-0.39, 0.29) is 0 Å². The number of nitrogens with one attached hydrogen (secondary N) is 1. The second-order valence-corrected chi connectivity index (χ2v) is 5.36. The van der Waals surface area contributed by atoms with E-state index >= 15 is 0 Å². The number of hydrogen-bond acceptors (Lipinski definition) is 3. The van der Waals surface area contributed by atoms with Crippen molar-refractivity contribution in [1.82, 2.24) is 24.9 Å². The Kier molecular flexibility index (Phi) is 4.60. The molecule has 0 aliphatic rings. The molecular weight excluding hydrogens is 250 g/mol. The van der Waals surface area contributed by atoms with Crippen LogP contribution in [0.1, 0.15) is 43.8 Å². The summed E-state index contributed by atoms with van der Waals surface area (Å²) in [6, 6.07) is 2.63. The molecule has 0 bridgehead atoms. The summed E-state index contributed by atoms with van der Waals surface area (Å²) >= 11 is 0. The Balaban J connectivity index is 2.00. The van der Waals surface area contributed by atoms with Crippen molar-refractivity contribution >= 4 is 0 Å². The van der Waals surface area contributed by atoms with Gasteiger partial charge >= 0.3 is 0 Å². The summed E-state index contributed by atoms with van der Waals surface area (Å²) < 4.78 is 4.06. The van der Waals surface area contributed by atoms with Gasteiger partial charge in [0.2, 0.25) is 0 Å². The van der Waals surface area contributed by atoms with Crippen molar-refractivity contribution in [3.05, 3.63) is 35.4 Å². The number of nitrogens with zero attached hydrogens (tertiary/aromatic N) is 4. The molecule has 20 heavy (non-hydrogen) atoms. The predicted octanol–water partition coefficient (Wildman–Crippen LogP) is 2.46. The molecule has 110 valence electrons. The number of hydrogen-bond donors (Lipinski definition) is 1. The molecule has 0 amide bonds. The maximum absolute atomic E-state index is 4.56. The van der Waals surface area contributed by atoms with Gasteiger partial charge in [0.05, 0.1) is 11.7 Å². The molecule has 1 N–H and O–H groups in total. The lowest BCUT2D eigenvalue weighted by Gasteiger charge is -2.22. The van der Waals surface area contributed by atoms with Gasteiger partial charge < -0.3 is 5.32 Å². The van der Waals surface area contributed by atoms with Crippen molar-refractivity contribution in [2.24, 2.45) is 0 Å². The Morgan fingerprint density at radius 2 is 2.05 bits per heavy atom. The minimum atomic E-state index is 0.326. The summed E-state index contributed by atoms with van der Waals surface area (Å²) in [6.07, 6.45) is 3.83. The van der Waals surface area contributed by atoms with Gasteiger partial charge in [-0.1, -0.05) is 0 Å². The molecule has 0 aliphatic carbocycles. The summed E-state index contributed by atoms with van der Waals surface area (Å²) in [5, 5.41) is 12.5. The van der Waals surface area contributed by atoms with Gasteiger partial charge in [-0.15, -0.1) is 0 Å². The molecule has 5 nitrogen and oxygen atoms in total. The van der Waals surface area contributed by atoms with Crippen LogP contribution in [0.5, 0.6) is 0 Å². The van der Waals surface area contributed by atoms with Crippen LogP contribution in [0, 0.1) is 13.8 Å². The minimum Gasteiger partial charge on any atom is -0.308 e. The highest BCUT2D eigenvalue weighted by atomic mass is 15.3. The van der Waals surface area contributed by atoms with Crippen molar-refractivity contribution in [3.63, 3.8) is 0 Å². The van der Waals surface area contributed by atoms with E-state index < -0.39 is 0 Å². The first kappa shape index (κ1) is 14.8. The van der Waals surface area contributed by atoms with Gasteiger partial charge in [-0.2, -0.15) is 10.2 Å². The van der Waals surface area contributed by atoms with Crippen molar-refractivity contribution in [3.8, 4) is 0 Å². The molecule has 0 saturated heterocycles. The highest BCUT2D eigenvalue weighted by Crippen LogP contribution is 2.15. The number of aromatic nitrogens is 4. The molecule has 0 fully saturated rings. The van der Waals surface area contributed by atoms with Gasteiger partial charge in [-0.25, -0.2) is 0 Å². The molecule has 2 heterocycles. The summed E-state index contributed by atoms with van der Waals surface area (Å²) in [5.41, 5.74) is 3.69. The average molecular weight is 275 g/mol. The summed E-state index contributed by atoms with van der Waals surface area (Å²) in [4.78, 5) is 0. The molecule has 0 unspecified atom stereocenters. The van der Waals surface area contributed by atoms with E-state index in [0.29, 0.717) is 12.1 Å². The summed E-state index contributed by atoms with van der Waals surface area (Å²) in [5.74, 6) is 0. The van der Waals surface area contributed by atoms with Crippen LogP contribution in [0.4, 0.5) is 0 Å². The predicted molar refractivity (Wildman–Crippen MR) is 80.6 cm³/mol. The second kappa shape index (κ2) is 6.22. The fourth-order valence-corrected chi connectivity index (χ4v) is 2.48. The number of aryl methyl sites for hydroxylation is 2. The lowest BCUT2D eigenvalue weighted by Crippen LogP contribution is -2.33. The van der Waals surface area contributed by atoms with Crippen LogP contribution in [0.25, 0.3) is 0 Å². The highest BCUT2D eigenvalue weighted by Gasteiger charge is 2.16. The minimum absolute atomic E-state index is 0.326. The smallest absolute Gasteiger partial charge is 0.0641 e. The van der Waals surface area contributed by atoms with Crippen LogP contribution in [-0.4, -0.2) is 25.6 Å². The maximum Gasteiger partial charge on any atom is 0.0641 e. The third kappa shape index (κ3) is 2.93. The van der Waals surface area contributed by atoms with Gasteiger partial charge in [0.1, 0.15) is 0 Å². The van der Waals surface area contributed by atoms with E-state index in [1.54, 1.807) is 0 Å². The van der Waals surface area contributed by atoms with Gasteiger partial charge in [0.15, 0.2) is 0 Å². The molecular formula is C15H25N5. The van der Waals surface area contributed by atoms with Crippen molar-refractivity contribution in [2.75, 3.05) is 0 Å². The molecule has 0 aliphatic heterocycles. The first-order valence-corrected chi connectivity index (χ1v) is 7.30. The first-order valence-electron chi connectivity index (χ1n) is 7.30. The van der Waals surface area contributed by atoms with Crippen LogP contribution in [0.2, 0.25) is 0 Å². The molecule has 0 saturated carbocycles. The van der Waals surface area contributed by atoms with Crippen molar-refractivity contribution < 1.29 is 0 Å². The quantitative estimate of drug-likeness (QED) is 0.881. The van der Waals surface area contributed by atoms with Gasteiger partial charge in [0, 0.05) is 42.8 Å². The van der Waals surface area contributed by atoms with Crippen LogP contribution < -0.4 is 5.32 Å². The van der Waals surface area contributed by atoms with E-state index in [2.05, 4.69) is 54.8 Å². The lowest BCUT2D eigenvalue weighted by atomic mass is 10.1. The van der Waals surface area contributed by atoms with Crippen LogP contribution >= 0.6 is 0 Å². The van der Waals surface area contributed by atoms with Crippen LogP contribution in [-0.2, 0) is 13.1 Å². The molecule has 2 aromatic heterocycles. The third-order valence-electron chi connectivity index (χ3n) is 4.10. The molecule has 2 aromatic rings. The zero-order valence-corrected chi connectivity index (χ0v) is 13.1. The Morgan fingerprint density at radius 1 is 1.30 bits per heavy atom. The Morgan fingerprint density at radius 3 is 2.60 bits per heavy atom. The summed E-state index contributed by atoms with van der Waals surface area (Å²) in [7, 11) is 0.